The quantitative estimate of drug-likeness (QED) is 0.762. The second-order valence-electron chi connectivity index (χ2n) is 5.01. The largest absolute Gasteiger partial charge is 0.466 e. The van der Waals surface area contributed by atoms with E-state index < -0.39 is 27.9 Å². The fourth-order valence-corrected chi connectivity index (χ4v) is 4.30. The Bertz CT molecular complexity index is 754. The Morgan fingerprint density at radius 1 is 1.38 bits per heavy atom. The van der Waals surface area contributed by atoms with Crippen LogP contribution in [0.1, 0.15) is 13.3 Å². The summed E-state index contributed by atoms with van der Waals surface area (Å²) in [5.41, 5.74) is 0. The molecule has 1 aromatic carbocycles. The molecule has 0 spiro atoms. The number of carbonyl (C=O) groups is 2. The number of carbonyl (C=O) groups excluding carboxylic acids is 2. The van der Waals surface area contributed by atoms with Gasteiger partial charge in [0.05, 0.1) is 28.0 Å². The molecular weight excluding hydrogens is 379 g/mol. The zero-order valence-corrected chi connectivity index (χ0v) is 15.1. The van der Waals surface area contributed by atoms with Crippen molar-refractivity contribution in [2.45, 2.75) is 24.3 Å². The van der Waals surface area contributed by atoms with E-state index in [0.717, 1.165) is 4.31 Å². The molecular formula is C14H16Cl2N2O5S. The van der Waals surface area contributed by atoms with Gasteiger partial charge in [0.2, 0.25) is 15.9 Å². The summed E-state index contributed by atoms with van der Waals surface area (Å²) in [7, 11) is -4.02. The second kappa shape index (κ2) is 7.69. The molecule has 0 radical (unpaired) electrons. The van der Waals surface area contributed by atoms with Gasteiger partial charge in [0, 0.05) is 13.1 Å². The lowest BCUT2D eigenvalue weighted by molar-refractivity contribution is -0.146. The number of nitrogens with zero attached hydrogens (tertiary/aromatic N) is 1. The summed E-state index contributed by atoms with van der Waals surface area (Å²) in [5, 5.41) is 2.86. The van der Waals surface area contributed by atoms with E-state index in [4.69, 9.17) is 27.9 Å². The van der Waals surface area contributed by atoms with Crippen LogP contribution in [0.3, 0.4) is 0 Å². The number of rotatable bonds is 5. The van der Waals surface area contributed by atoms with Gasteiger partial charge in [-0.2, -0.15) is 4.31 Å². The molecule has 0 saturated carbocycles. The fourth-order valence-electron chi connectivity index (χ4n) is 2.33. The van der Waals surface area contributed by atoms with Gasteiger partial charge in [-0.3, -0.25) is 9.59 Å². The third-order valence-corrected chi connectivity index (χ3v) is 6.09. The van der Waals surface area contributed by atoms with Gasteiger partial charge in [0.1, 0.15) is 6.04 Å². The molecule has 1 N–H and O–H groups in total. The highest BCUT2D eigenvalue weighted by Gasteiger charge is 2.40. The molecule has 2 rings (SSSR count). The van der Waals surface area contributed by atoms with Gasteiger partial charge in [0.25, 0.3) is 0 Å². The number of nitrogens with one attached hydrogen (secondary N) is 1. The lowest BCUT2D eigenvalue weighted by atomic mass is 10.1. The van der Waals surface area contributed by atoms with Crippen molar-refractivity contribution < 1.29 is 22.7 Å². The lowest BCUT2D eigenvalue weighted by Crippen LogP contribution is -2.57. The molecule has 1 atom stereocenters. The summed E-state index contributed by atoms with van der Waals surface area (Å²) in [5.74, 6) is -1.19. The minimum absolute atomic E-state index is 0.0401. The second-order valence-corrected chi connectivity index (χ2v) is 7.71. The van der Waals surface area contributed by atoms with E-state index in [0.29, 0.717) is 0 Å². The van der Waals surface area contributed by atoms with E-state index in [-0.39, 0.29) is 41.1 Å². The van der Waals surface area contributed by atoms with E-state index in [1.165, 1.54) is 18.2 Å². The Morgan fingerprint density at radius 3 is 2.71 bits per heavy atom. The summed E-state index contributed by atoms with van der Waals surface area (Å²) in [6.07, 6.45) is -0.361. The van der Waals surface area contributed by atoms with Crippen LogP contribution in [0, 0.1) is 0 Å². The minimum atomic E-state index is -4.02. The maximum atomic E-state index is 12.8. The summed E-state index contributed by atoms with van der Waals surface area (Å²) in [4.78, 5) is 23.7. The first-order valence-corrected chi connectivity index (χ1v) is 9.37. The maximum Gasteiger partial charge on any atom is 0.307 e. The first kappa shape index (κ1) is 19.0. The van der Waals surface area contributed by atoms with Crippen molar-refractivity contribution in [2.75, 3.05) is 19.7 Å². The molecule has 0 aromatic heterocycles. The molecule has 0 bridgehead atoms. The normalized spacial score (nSPS) is 19.0. The van der Waals surface area contributed by atoms with Crippen LogP contribution in [0.25, 0.3) is 0 Å². The minimum Gasteiger partial charge on any atom is -0.466 e. The summed E-state index contributed by atoms with van der Waals surface area (Å²) in [6, 6.07) is 2.71. The van der Waals surface area contributed by atoms with Crippen LogP contribution in [0.5, 0.6) is 0 Å². The highest BCUT2D eigenvalue weighted by molar-refractivity contribution is 7.89. The van der Waals surface area contributed by atoms with Crippen LogP contribution >= 0.6 is 23.2 Å². The summed E-state index contributed by atoms with van der Waals surface area (Å²) in [6.45, 7) is 1.97. The number of esters is 1. The van der Waals surface area contributed by atoms with E-state index >= 15 is 0 Å². The number of piperazine rings is 1. The summed E-state index contributed by atoms with van der Waals surface area (Å²) < 4.78 is 31.5. The number of hydrogen-bond donors (Lipinski definition) is 1. The standard InChI is InChI=1S/C14H16Cl2N2O5S/c1-2-23-13(19)8-12-14(20)17-5-6-18(12)24(21,22)9-3-4-10(15)11(16)7-9/h3-4,7,12H,2,5-6,8H2,1H3,(H,17,20)/t12-/m0/s1. The number of benzene rings is 1. The fraction of sp³-hybridized carbons (Fsp3) is 0.429. The van der Waals surface area contributed by atoms with Gasteiger partial charge >= 0.3 is 5.97 Å². The molecule has 10 heteroatoms. The highest BCUT2D eigenvalue weighted by Crippen LogP contribution is 2.28. The predicted molar refractivity (Wildman–Crippen MR) is 88.4 cm³/mol. The Labute approximate surface area is 149 Å². The predicted octanol–water partition coefficient (Wildman–Crippen LogP) is 1.44. The van der Waals surface area contributed by atoms with Crippen LogP contribution in [-0.4, -0.2) is 50.3 Å². The summed E-state index contributed by atoms with van der Waals surface area (Å²) >= 11 is 11.7. The van der Waals surface area contributed by atoms with Gasteiger partial charge in [-0.25, -0.2) is 8.42 Å². The Balaban J connectivity index is 2.35. The van der Waals surface area contributed by atoms with Crippen LogP contribution in [0.4, 0.5) is 0 Å². The van der Waals surface area contributed by atoms with Gasteiger partial charge in [0.15, 0.2) is 0 Å². The molecule has 0 aliphatic carbocycles. The Morgan fingerprint density at radius 2 is 2.08 bits per heavy atom. The zero-order chi connectivity index (χ0) is 17.9. The van der Waals surface area contributed by atoms with E-state index in [1.807, 2.05) is 0 Å². The molecule has 1 aliphatic rings. The van der Waals surface area contributed by atoms with Crippen LogP contribution in [0.15, 0.2) is 23.1 Å². The third-order valence-electron chi connectivity index (χ3n) is 3.44. The smallest absolute Gasteiger partial charge is 0.307 e. The number of ether oxygens (including phenoxy) is 1. The molecule has 1 heterocycles. The van der Waals surface area contributed by atoms with Crippen LogP contribution in [-0.2, 0) is 24.3 Å². The van der Waals surface area contributed by atoms with Crippen molar-refractivity contribution >= 4 is 45.1 Å². The molecule has 1 fully saturated rings. The third kappa shape index (κ3) is 4.00. The molecule has 24 heavy (non-hydrogen) atoms. The number of hydrogen-bond acceptors (Lipinski definition) is 5. The van der Waals surface area contributed by atoms with Crippen molar-refractivity contribution in [1.29, 1.82) is 0 Å². The molecule has 1 aliphatic heterocycles. The lowest BCUT2D eigenvalue weighted by Gasteiger charge is -2.33. The van der Waals surface area contributed by atoms with E-state index in [2.05, 4.69) is 5.32 Å². The molecule has 7 nitrogen and oxygen atoms in total. The van der Waals surface area contributed by atoms with Gasteiger partial charge in [-0.05, 0) is 25.1 Å². The van der Waals surface area contributed by atoms with Gasteiger partial charge in [-0.15, -0.1) is 0 Å². The Hall–Kier alpha value is -1.35. The van der Waals surface area contributed by atoms with E-state index in [9.17, 15) is 18.0 Å². The maximum absolute atomic E-state index is 12.8. The average molecular weight is 395 g/mol. The highest BCUT2D eigenvalue weighted by atomic mass is 35.5. The number of sulfonamides is 1. The number of amides is 1. The first-order chi connectivity index (χ1) is 11.3. The molecule has 132 valence electrons. The topological polar surface area (TPSA) is 92.8 Å². The zero-order valence-electron chi connectivity index (χ0n) is 12.8. The SMILES string of the molecule is CCOC(=O)C[C@H]1C(=O)NCCN1S(=O)(=O)c1ccc(Cl)c(Cl)c1. The molecule has 1 aromatic rings. The van der Waals surface area contributed by atoms with Crippen LogP contribution in [0.2, 0.25) is 10.0 Å². The number of halogens is 2. The van der Waals surface area contributed by atoms with Crippen molar-refractivity contribution in [1.82, 2.24) is 9.62 Å². The van der Waals surface area contributed by atoms with E-state index in [1.54, 1.807) is 6.92 Å². The van der Waals surface area contributed by atoms with Crippen molar-refractivity contribution in [3.8, 4) is 0 Å². The molecule has 1 amide bonds. The van der Waals surface area contributed by atoms with Gasteiger partial charge < -0.3 is 10.1 Å². The molecule has 0 unspecified atom stereocenters. The van der Waals surface area contributed by atoms with Gasteiger partial charge in [-0.1, -0.05) is 23.2 Å². The average Bonchev–Trinajstić information content (AvgIpc) is 2.52. The van der Waals surface area contributed by atoms with Crippen molar-refractivity contribution in [2.24, 2.45) is 0 Å². The first-order valence-electron chi connectivity index (χ1n) is 7.17. The van der Waals surface area contributed by atoms with Crippen molar-refractivity contribution in [3.63, 3.8) is 0 Å². The van der Waals surface area contributed by atoms with Crippen LogP contribution < -0.4 is 5.32 Å². The molecule has 1 saturated heterocycles. The van der Waals surface area contributed by atoms with Crippen molar-refractivity contribution in [3.05, 3.63) is 28.2 Å². The Kier molecular flexibility index (Phi) is 6.08. The monoisotopic (exact) mass is 394 g/mol.